The molecular formula is C18H16N6O2. The Kier molecular flexibility index (Phi) is 3.92. The Morgan fingerprint density at radius 2 is 2.15 bits per heavy atom. The summed E-state index contributed by atoms with van der Waals surface area (Å²) < 4.78 is 6.97. The van der Waals surface area contributed by atoms with Gasteiger partial charge < -0.3 is 9.84 Å². The number of rotatable bonds is 4. The number of amides is 1. The van der Waals surface area contributed by atoms with Crippen molar-refractivity contribution >= 4 is 11.6 Å². The third-order valence-corrected chi connectivity index (χ3v) is 3.99. The highest BCUT2D eigenvalue weighted by Crippen LogP contribution is 2.22. The number of aromatic nitrogens is 5. The minimum Gasteiger partial charge on any atom is -0.341 e. The van der Waals surface area contributed by atoms with Crippen molar-refractivity contribution in [2.45, 2.75) is 19.9 Å². The van der Waals surface area contributed by atoms with Gasteiger partial charge >= 0.3 is 0 Å². The predicted octanol–water partition coefficient (Wildman–Crippen LogP) is 2.58. The normalized spacial score (nSPS) is 12.2. The second kappa shape index (κ2) is 6.40. The Hall–Kier alpha value is -3.55. The fraction of sp³-hybridized carbons (Fsp3) is 0.167. The van der Waals surface area contributed by atoms with E-state index in [2.05, 4.69) is 25.5 Å². The second-order valence-corrected chi connectivity index (χ2v) is 5.97. The molecule has 8 nitrogen and oxygen atoms in total. The molecule has 0 aliphatic carbocycles. The molecule has 0 radical (unpaired) electrons. The maximum atomic E-state index is 12.4. The van der Waals surface area contributed by atoms with Gasteiger partial charge in [-0.15, -0.1) is 0 Å². The lowest BCUT2D eigenvalue weighted by Gasteiger charge is -2.10. The van der Waals surface area contributed by atoms with Gasteiger partial charge in [0.15, 0.2) is 5.65 Å². The van der Waals surface area contributed by atoms with Crippen LogP contribution in [-0.4, -0.2) is 30.6 Å². The van der Waals surface area contributed by atoms with Crippen LogP contribution >= 0.6 is 0 Å². The molecule has 0 aliphatic rings. The van der Waals surface area contributed by atoms with E-state index in [1.54, 1.807) is 23.7 Å². The van der Waals surface area contributed by atoms with Crippen molar-refractivity contribution in [1.29, 1.82) is 0 Å². The molecule has 3 heterocycles. The van der Waals surface area contributed by atoms with Crippen LogP contribution in [0.5, 0.6) is 0 Å². The van der Waals surface area contributed by atoms with E-state index >= 15 is 0 Å². The Labute approximate surface area is 148 Å². The first kappa shape index (κ1) is 15.9. The van der Waals surface area contributed by atoms with Crippen LogP contribution in [0.1, 0.15) is 34.8 Å². The Balaban J connectivity index is 1.56. The molecule has 4 aromatic rings. The molecule has 1 amide bonds. The molecular weight excluding hydrogens is 332 g/mol. The van der Waals surface area contributed by atoms with E-state index in [1.165, 1.54) is 6.33 Å². The molecule has 8 heteroatoms. The van der Waals surface area contributed by atoms with E-state index < -0.39 is 6.04 Å². The Bertz CT molecular complexity index is 1080. The molecule has 0 saturated carbocycles. The van der Waals surface area contributed by atoms with Crippen molar-refractivity contribution in [2.24, 2.45) is 0 Å². The number of hydrogen-bond acceptors (Lipinski definition) is 6. The van der Waals surface area contributed by atoms with Crippen molar-refractivity contribution in [1.82, 2.24) is 30.1 Å². The van der Waals surface area contributed by atoms with Crippen molar-refractivity contribution in [3.05, 3.63) is 65.9 Å². The topological polar surface area (TPSA) is 98.2 Å². The molecule has 1 aromatic carbocycles. The quantitative estimate of drug-likeness (QED) is 0.609. The first-order valence-corrected chi connectivity index (χ1v) is 8.11. The Morgan fingerprint density at radius 3 is 3.00 bits per heavy atom. The van der Waals surface area contributed by atoms with Gasteiger partial charge in [0.05, 0.1) is 5.56 Å². The van der Waals surface area contributed by atoms with Crippen molar-refractivity contribution < 1.29 is 9.32 Å². The predicted molar refractivity (Wildman–Crippen MR) is 93.3 cm³/mol. The van der Waals surface area contributed by atoms with Gasteiger partial charge in [-0.1, -0.05) is 22.9 Å². The van der Waals surface area contributed by atoms with Gasteiger partial charge in [-0.2, -0.15) is 10.1 Å². The molecule has 0 aliphatic heterocycles. The zero-order chi connectivity index (χ0) is 18.1. The molecule has 1 unspecified atom stereocenters. The van der Waals surface area contributed by atoms with Crippen molar-refractivity contribution in [2.75, 3.05) is 0 Å². The summed E-state index contributed by atoms with van der Waals surface area (Å²) in [5.41, 5.74) is 2.95. The summed E-state index contributed by atoms with van der Waals surface area (Å²) in [4.78, 5) is 21.0. The number of hydrogen-bond donors (Lipinski definition) is 1. The second-order valence-electron chi connectivity index (χ2n) is 5.97. The molecule has 0 fully saturated rings. The van der Waals surface area contributed by atoms with Gasteiger partial charge in [0.25, 0.3) is 5.91 Å². The van der Waals surface area contributed by atoms with Crippen LogP contribution in [0.4, 0.5) is 0 Å². The lowest BCUT2D eigenvalue weighted by atomic mass is 10.1. The summed E-state index contributed by atoms with van der Waals surface area (Å²) >= 11 is 0. The highest BCUT2D eigenvalue weighted by Gasteiger charge is 2.19. The summed E-state index contributed by atoms with van der Waals surface area (Å²) in [5.74, 6) is 0.526. The minimum atomic E-state index is -0.429. The fourth-order valence-electron chi connectivity index (χ4n) is 2.67. The third-order valence-electron chi connectivity index (χ3n) is 3.99. The number of carbonyl (C=O) groups excluding carboxylic acids is 1. The summed E-state index contributed by atoms with van der Waals surface area (Å²) in [6, 6.07) is 10.6. The van der Waals surface area contributed by atoms with Crippen LogP contribution in [0, 0.1) is 6.92 Å². The highest BCUT2D eigenvalue weighted by molar-refractivity contribution is 5.94. The third kappa shape index (κ3) is 2.92. The van der Waals surface area contributed by atoms with E-state index in [1.807, 2.05) is 37.3 Å². The number of nitrogens with zero attached hydrogens (tertiary/aromatic N) is 5. The van der Waals surface area contributed by atoms with Gasteiger partial charge in [-0.05, 0) is 38.1 Å². The maximum Gasteiger partial charge on any atom is 0.251 e. The molecule has 0 spiro atoms. The molecule has 130 valence electrons. The Morgan fingerprint density at radius 1 is 1.27 bits per heavy atom. The first-order chi connectivity index (χ1) is 12.6. The monoisotopic (exact) mass is 348 g/mol. The smallest absolute Gasteiger partial charge is 0.251 e. The average Bonchev–Trinajstić information content (AvgIpc) is 3.30. The number of benzene rings is 1. The number of aryl methyl sites for hydroxylation is 1. The minimum absolute atomic E-state index is 0.194. The lowest BCUT2D eigenvalue weighted by molar-refractivity contribution is 0.0932. The SMILES string of the molecule is Cc1cccc(C(=O)NC(C)c2nc(-c3cccn4ncnc34)no2)c1. The molecule has 0 saturated heterocycles. The number of nitrogens with one attached hydrogen (secondary N) is 1. The summed E-state index contributed by atoms with van der Waals surface area (Å²) in [6.07, 6.45) is 3.25. The first-order valence-electron chi connectivity index (χ1n) is 8.11. The molecule has 0 bridgehead atoms. The maximum absolute atomic E-state index is 12.4. The zero-order valence-electron chi connectivity index (χ0n) is 14.2. The van der Waals surface area contributed by atoms with Crippen LogP contribution < -0.4 is 5.32 Å². The van der Waals surface area contributed by atoms with E-state index in [9.17, 15) is 4.79 Å². The van der Waals surface area contributed by atoms with E-state index in [-0.39, 0.29) is 5.91 Å². The van der Waals surface area contributed by atoms with Crippen LogP contribution in [0.15, 0.2) is 53.4 Å². The summed E-state index contributed by atoms with van der Waals surface area (Å²) in [7, 11) is 0. The largest absolute Gasteiger partial charge is 0.341 e. The zero-order valence-corrected chi connectivity index (χ0v) is 14.2. The lowest BCUT2D eigenvalue weighted by Crippen LogP contribution is -2.26. The van der Waals surface area contributed by atoms with Gasteiger partial charge in [-0.3, -0.25) is 4.79 Å². The van der Waals surface area contributed by atoms with E-state index in [0.29, 0.717) is 28.5 Å². The molecule has 3 aromatic heterocycles. The van der Waals surface area contributed by atoms with E-state index in [4.69, 9.17) is 4.52 Å². The molecule has 1 N–H and O–H groups in total. The van der Waals surface area contributed by atoms with E-state index in [0.717, 1.165) is 5.56 Å². The molecule has 1 atom stereocenters. The number of fused-ring (bicyclic) bond motifs is 1. The highest BCUT2D eigenvalue weighted by atomic mass is 16.5. The summed E-state index contributed by atoms with van der Waals surface area (Å²) in [6.45, 7) is 3.73. The fourth-order valence-corrected chi connectivity index (χ4v) is 2.67. The standard InChI is InChI=1S/C18H16N6O2/c1-11-5-3-6-13(9-11)17(25)21-12(2)18-22-15(23-26-18)14-7-4-8-24-16(14)19-10-20-24/h3-10,12H,1-2H3,(H,21,25). The molecule has 26 heavy (non-hydrogen) atoms. The van der Waals surface area contributed by atoms with Gasteiger partial charge in [0, 0.05) is 11.8 Å². The number of pyridine rings is 1. The summed E-state index contributed by atoms with van der Waals surface area (Å²) in [5, 5.41) is 11.0. The van der Waals surface area contributed by atoms with Crippen LogP contribution in [0.2, 0.25) is 0 Å². The van der Waals surface area contributed by atoms with Crippen LogP contribution in [-0.2, 0) is 0 Å². The number of carbonyl (C=O) groups is 1. The van der Waals surface area contributed by atoms with Crippen LogP contribution in [0.3, 0.4) is 0 Å². The molecule has 4 rings (SSSR count). The van der Waals surface area contributed by atoms with Crippen molar-refractivity contribution in [3.8, 4) is 11.4 Å². The van der Waals surface area contributed by atoms with Crippen molar-refractivity contribution in [3.63, 3.8) is 0 Å². The van der Waals surface area contributed by atoms with Crippen LogP contribution in [0.25, 0.3) is 17.0 Å². The van der Waals surface area contributed by atoms with Gasteiger partial charge in [-0.25, -0.2) is 9.50 Å². The van der Waals surface area contributed by atoms with Gasteiger partial charge in [0.2, 0.25) is 11.7 Å². The average molecular weight is 348 g/mol. The van der Waals surface area contributed by atoms with Gasteiger partial charge in [0.1, 0.15) is 12.4 Å².